The molecule has 0 amide bonds. The Bertz CT molecular complexity index is 567. The molecule has 1 heterocycles. The van der Waals surface area contributed by atoms with Crippen molar-refractivity contribution in [3.05, 3.63) is 29.8 Å². The van der Waals surface area contributed by atoms with Gasteiger partial charge in [-0.25, -0.2) is 0 Å². The van der Waals surface area contributed by atoms with Gasteiger partial charge < -0.3 is 14.2 Å². The Hall–Kier alpha value is -2.04. The highest BCUT2D eigenvalue weighted by Gasteiger charge is 2.65. The number of hydrogen-bond donors (Lipinski definition) is 0. The number of benzene rings is 1. The van der Waals surface area contributed by atoms with E-state index in [9.17, 15) is 9.59 Å². The summed E-state index contributed by atoms with van der Waals surface area (Å²) in [6.45, 7) is 3.13. The molecule has 112 valence electrons. The second-order valence-corrected chi connectivity index (χ2v) is 6.01. The molecule has 2 fully saturated rings. The predicted molar refractivity (Wildman–Crippen MR) is 73.7 cm³/mol. The summed E-state index contributed by atoms with van der Waals surface area (Å²) >= 11 is 0. The first-order chi connectivity index (χ1) is 9.89. The van der Waals surface area contributed by atoms with Crippen LogP contribution in [0.5, 0.6) is 5.75 Å². The molecule has 1 atom stereocenters. The van der Waals surface area contributed by atoms with E-state index in [4.69, 9.17) is 14.2 Å². The molecule has 5 heteroatoms. The zero-order chi connectivity index (χ0) is 15.3. The molecule has 0 N–H and O–H groups in total. The molecule has 21 heavy (non-hydrogen) atoms. The van der Waals surface area contributed by atoms with E-state index >= 15 is 0 Å². The highest BCUT2D eigenvalue weighted by atomic mass is 16.7. The van der Waals surface area contributed by atoms with Gasteiger partial charge in [0.2, 0.25) is 0 Å². The lowest BCUT2D eigenvalue weighted by Crippen LogP contribution is -2.60. The van der Waals surface area contributed by atoms with E-state index in [1.807, 2.05) is 24.3 Å². The van der Waals surface area contributed by atoms with Gasteiger partial charge in [0.05, 0.1) is 7.11 Å². The van der Waals surface area contributed by atoms with Crippen molar-refractivity contribution < 1.29 is 23.8 Å². The van der Waals surface area contributed by atoms with Crippen LogP contribution in [-0.4, -0.2) is 24.8 Å². The minimum Gasteiger partial charge on any atom is -0.497 e. The molecule has 0 bridgehead atoms. The van der Waals surface area contributed by atoms with Crippen LogP contribution >= 0.6 is 0 Å². The second kappa shape index (κ2) is 4.48. The summed E-state index contributed by atoms with van der Waals surface area (Å²) in [5, 5.41) is 0. The molecule has 1 spiro atoms. The first-order valence-corrected chi connectivity index (χ1v) is 7.00. The minimum absolute atomic E-state index is 0.195. The number of hydrogen-bond acceptors (Lipinski definition) is 5. The Morgan fingerprint density at radius 2 is 1.67 bits per heavy atom. The molecule has 1 aromatic carbocycles. The van der Waals surface area contributed by atoms with Gasteiger partial charge in [-0.2, -0.15) is 0 Å². The Balaban J connectivity index is 1.91. The van der Waals surface area contributed by atoms with E-state index < -0.39 is 23.1 Å². The zero-order valence-corrected chi connectivity index (χ0v) is 12.3. The number of carbonyl (C=O) groups excluding carboxylic acids is 2. The van der Waals surface area contributed by atoms with Crippen LogP contribution in [0.2, 0.25) is 0 Å². The van der Waals surface area contributed by atoms with Crippen LogP contribution in [0.25, 0.3) is 0 Å². The van der Waals surface area contributed by atoms with Crippen LogP contribution in [0.1, 0.15) is 38.2 Å². The van der Waals surface area contributed by atoms with Crippen LogP contribution in [0.15, 0.2) is 24.3 Å². The van der Waals surface area contributed by atoms with Crippen molar-refractivity contribution in [1.82, 2.24) is 0 Å². The molecule has 3 rings (SSSR count). The van der Waals surface area contributed by atoms with Crippen molar-refractivity contribution in [2.24, 2.45) is 5.41 Å². The van der Waals surface area contributed by atoms with E-state index in [0.717, 1.165) is 17.7 Å². The second-order valence-electron chi connectivity index (χ2n) is 6.01. The number of esters is 2. The van der Waals surface area contributed by atoms with E-state index in [1.54, 1.807) is 21.0 Å². The molecule has 1 aliphatic heterocycles. The monoisotopic (exact) mass is 290 g/mol. The molecule has 0 radical (unpaired) electrons. The van der Waals surface area contributed by atoms with Crippen LogP contribution in [-0.2, 0) is 19.1 Å². The smallest absolute Gasteiger partial charge is 0.327 e. The van der Waals surface area contributed by atoms with Gasteiger partial charge in [-0.1, -0.05) is 12.1 Å². The number of carbonyl (C=O) groups is 2. The highest BCUT2D eigenvalue weighted by molar-refractivity contribution is 6.04. The fourth-order valence-electron chi connectivity index (χ4n) is 3.09. The molecule has 1 aromatic rings. The fraction of sp³-hybridized carbons (Fsp3) is 0.500. The number of rotatable bonds is 2. The number of cyclic esters (lactones) is 2. The van der Waals surface area contributed by atoms with E-state index in [0.29, 0.717) is 6.42 Å². The summed E-state index contributed by atoms with van der Waals surface area (Å²) in [7, 11) is 1.60. The quantitative estimate of drug-likeness (QED) is 0.618. The van der Waals surface area contributed by atoms with Gasteiger partial charge in [0, 0.05) is 19.8 Å². The largest absolute Gasteiger partial charge is 0.497 e. The average Bonchev–Trinajstić information content (AvgIpc) is 2.36. The Labute approximate surface area is 123 Å². The summed E-state index contributed by atoms with van der Waals surface area (Å²) in [6.07, 6.45) is 1.23. The Kier molecular flexibility index (Phi) is 2.97. The summed E-state index contributed by atoms with van der Waals surface area (Å²) in [5.41, 5.74) is -0.250. The topological polar surface area (TPSA) is 61.8 Å². The fourth-order valence-corrected chi connectivity index (χ4v) is 3.09. The third-order valence-corrected chi connectivity index (χ3v) is 4.35. The predicted octanol–water partition coefficient (Wildman–Crippen LogP) is 2.40. The zero-order valence-electron chi connectivity index (χ0n) is 12.3. The maximum Gasteiger partial charge on any atom is 0.327 e. The molecule has 5 nitrogen and oxygen atoms in total. The van der Waals surface area contributed by atoms with Crippen LogP contribution in [0, 0.1) is 5.41 Å². The van der Waals surface area contributed by atoms with Crippen molar-refractivity contribution in [3.63, 3.8) is 0 Å². The standard InChI is InChI=1S/C16H18O5/c1-15(2)20-13(17)16(14(18)21-15)9-8-12(16)10-4-6-11(19-3)7-5-10/h4-7,12H,8-9H2,1-3H3. The van der Waals surface area contributed by atoms with Gasteiger partial charge in [0.25, 0.3) is 5.79 Å². The maximum atomic E-state index is 12.4. The van der Waals surface area contributed by atoms with Crippen molar-refractivity contribution >= 4 is 11.9 Å². The first-order valence-electron chi connectivity index (χ1n) is 7.00. The van der Waals surface area contributed by atoms with Crippen molar-refractivity contribution in [1.29, 1.82) is 0 Å². The normalized spacial score (nSPS) is 25.8. The van der Waals surface area contributed by atoms with Gasteiger partial charge in [-0.05, 0) is 30.5 Å². The molecule has 1 saturated carbocycles. The molecular formula is C16H18O5. The van der Waals surface area contributed by atoms with Crippen molar-refractivity contribution in [2.45, 2.75) is 38.4 Å². The summed E-state index contributed by atoms with van der Waals surface area (Å²) in [5.74, 6) is -1.59. The number of ether oxygens (including phenoxy) is 3. The Morgan fingerprint density at radius 1 is 1.10 bits per heavy atom. The summed E-state index contributed by atoms with van der Waals surface area (Å²) in [4.78, 5) is 24.8. The van der Waals surface area contributed by atoms with Gasteiger partial charge in [-0.15, -0.1) is 0 Å². The van der Waals surface area contributed by atoms with Gasteiger partial charge in [0.15, 0.2) is 5.41 Å². The van der Waals surface area contributed by atoms with Gasteiger partial charge in [-0.3, -0.25) is 9.59 Å². The third-order valence-electron chi connectivity index (χ3n) is 4.35. The van der Waals surface area contributed by atoms with Gasteiger partial charge in [0.1, 0.15) is 5.75 Å². The van der Waals surface area contributed by atoms with Crippen molar-refractivity contribution in [3.8, 4) is 5.75 Å². The lowest BCUT2D eigenvalue weighted by atomic mass is 9.57. The molecule has 1 unspecified atom stereocenters. The maximum absolute atomic E-state index is 12.4. The lowest BCUT2D eigenvalue weighted by Gasteiger charge is -2.50. The third kappa shape index (κ3) is 1.99. The summed E-state index contributed by atoms with van der Waals surface area (Å²) in [6, 6.07) is 7.41. The van der Waals surface area contributed by atoms with Crippen molar-refractivity contribution in [2.75, 3.05) is 7.11 Å². The van der Waals surface area contributed by atoms with Crippen LogP contribution in [0.4, 0.5) is 0 Å². The minimum atomic E-state index is -1.18. The highest BCUT2D eigenvalue weighted by Crippen LogP contribution is 2.57. The molecular weight excluding hydrogens is 272 g/mol. The average molecular weight is 290 g/mol. The van der Waals surface area contributed by atoms with E-state index in [-0.39, 0.29) is 5.92 Å². The van der Waals surface area contributed by atoms with E-state index in [1.165, 1.54) is 0 Å². The molecule has 2 aliphatic rings. The van der Waals surface area contributed by atoms with Gasteiger partial charge >= 0.3 is 11.9 Å². The molecule has 0 aromatic heterocycles. The van der Waals surface area contributed by atoms with Crippen LogP contribution in [0.3, 0.4) is 0 Å². The first kappa shape index (κ1) is 13.9. The molecule has 1 saturated heterocycles. The molecule has 1 aliphatic carbocycles. The lowest BCUT2D eigenvalue weighted by molar-refractivity contribution is -0.259. The Morgan fingerprint density at radius 3 is 2.10 bits per heavy atom. The SMILES string of the molecule is COc1ccc(C2CCC23C(=O)OC(C)(C)OC3=O)cc1. The summed E-state index contributed by atoms with van der Waals surface area (Å²) < 4.78 is 15.7. The van der Waals surface area contributed by atoms with Crippen LogP contribution < -0.4 is 4.74 Å². The van der Waals surface area contributed by atoms with E-state index in [2.05, 4.69) is 0 Å². The number of methoxy groups -OCH3 is 1.